The van der Waals surface area contributed by atoms with Crippen LogP contribution in [0.5, 0.6) is 5.75 Å². The zero-order valence-electron chi connectivity index (χ0n) is 12.3. The molecule has 116 valence electrons. The highest BCUT2D eigenvalue weighted by atomic mass is 79.9. The number of carbonyl (C=O) groups is 2. The molecule has 0 saturated heterocycles. The first-order valence-corrected chi connectivity index (χ1v) is 7.84. The number of alkyl halides is 1. The smallest absolute Gasteiger partial charge is 0.233 e. The fourth-order valence-electron chi connectivity index (χ4n) is 1.72. The van der Waals surface area contributed by atoms with Gasteiger partial charge in [0.2, 0.25) is 11.8 Å². The maximum Gasteiger partial charge on any atom is 0.233 e. The van der Waals surface area contributed by atoms with Crippen molar-refractivity contribution in [2.24, 2.45) is 0 Å². The fourth-order valence-corrected chi connectivity index (χ4v) is 2.34. The number of anilines is 1. The van der Waals surface area contributed by atoms with Crippen LogP contribution in [0, 0.1) is 0 Å². The van der Waals surface area contributed by atoms with Crippen LogP contribution in [-0.4, -0.2) is 30.3 Å². The molecule has 0 fully saturated rings. The second-order valence-electron chi connectivity index (χ2n) is 4.58. The van der Waals surface area contributed by atoms with Crippen LogP contribution in [0.25, 0.3) is 0 Å². The zero-order chi connectivity index (χ0) is 15.7. The lowest BCUT2D eigenvalue weighted by atomic mass is 10.2. The molecule has 5 nitrogen and oxygen atoms in total. The molecule has 1 atom stereocenters. The van der Waals surface area contributed by atoms with E-state index in [0.29, 0.717) is 18.0 Å². The van der Waals surface area contributed by atoms with Crippen molar-refractivity contribution in [2.45, 2.75) is 31.0 Å². The summed E-state index contributed by atoms with van der Waals surface area (Å²) in [5.41, 5.74) is 0.676. The van der Waals surface area contributed by atoms with Crippen molar-refractivity contribution in [3.05, 3.63) is 24.3 Å². The molecule has 0 saturated carbocycles. The molecule has 2 N–H and O–H groups in total. The Kier molecular flexibility index (Phi) is 7.82. The summed E-state index contributed by atoms with van der Waals surface area (Å²) in [6.07, 6.45) is 1.94. The molecule has 0 spiro atoms. The van der Waals surface area contributed by atoms with Crippen LogP contribution in [0.1, 0.15) is 26.2 Å². The molecular formula is C15H21BrN2O3. The lowest BCUT2D eigenvalue weighted by Crippen LogP contribution is -2.33. The molecule has 0 aliphatic heterocycles. The van der Waals surface area contributed by atoms with Crippen LogP contribution in [0.4, 0.5) is 5.69 Å². The predicted octanol–water partition coefficient (Wildman–Crippen LogP) is 2.70. The highest BCUT2D eigenvalue weighted by Crippen LogP contribution is 2.16. The Morgan fingerprint density at radius 3 is 2.81 bits per heavy atom. The van der Waals surface area contributed by atoms with Crippen molar-refractivity contribution in [1.29, 1.82) is 0 Å². The first-order chi connectivity index (χ1) is 10.1. The molecule has 0 heterocycles. The molecule has 6 heteroatoms. The maximum atomic E-state index is 11.8. The van der Waals surface area contributed by atoms with E-state index in [1.807, 2.05) is 6.92 Å². The average Bonchev–Trinajstić information content (AvgIpc) is 2.47. The standard InChI is InChI=1S/C15H21BrN2O3/c1-3-5-13(16)15(20)17-9-8-14(19)18-11-6-4-7-12(10-11)21-2/h4,6-7,10,13H,3,5,8-9H2,1-2H3,(H,17,20)(H,18,19)/t13-/m1/s1. The van der Waals surface area contributed by atoms with Gasteiger partial charge in [-0.25, -0.2) is 0 Å². The number of hydrogen-bond donors (Lipinski definition) is 2. The number of amides is 2. The van der Waals surface area contributed by atoms with Gasteiger partial charge >= 0.3 is 0 Å². The van der Waals surface area contributed by atoms with Gasteiger partial charge in [0, 0.05) is 24.7 Å². The van der Waals surface area contributed by atoms with Gasteiger partial charge in [0.15, 0.2) is 0 Å². The van der Waals surface area contributed by atoms with E-state index in [1.54, 1.807) is 31.4 Å². The van der Waals surface area contributed by atoms with Crippen LogP contribution in [-0.2, 0) is 9.59 Å². The fraction of sp³-hybridized carbons (Fsp3) is 0.467. The number of nitrogens with one attached hydrogen (secondary N) is 2. The molecule has 1 aromatic carbocycles. The van der Waals surface area contributed by atoms with E-state index in [2.05, 4.69) is 26.6 Å². The van der Waals surface area contributed by atoms with Crippen molar-refractivity contribution in [3.63, 3.8) is 0 Å². The summed E-state index contributed by atoms with van der Waals surface area (Å²) < 4.78 is 5.08. The number of ether oxygens (including phenoxy) is 1. The lowest BCUT2D eigenvalue weighted by molar-refractivity contribution is -0.120. The summed E-state index contributed by atoms with van der Waals surface area (Å²) in [6, 6.07) is 7.14. The number of rotatable bonds is 8. The predicted molar refractivity (Wildman–Crippen MR) is 86.9 cm³/mol. The van der Waals surface area contributed by atoms with Gasteiger partial charge in [0.1, 0.15) is 5.75 Å². The van der Waals surface area contributed by atoms with Gasteiger partial charge < -0.3 is 15.4 Å². The van der Waals surface area contributed by atoms with E-state index in [0.717, 1.165) is 12.8 Å². The van der Waals surface area contributed by atoms with E-state index in [4.69, 9.17) is 4.74 Å². The maximum absolute atomic E-state index is 11.8. The molecule has 0 radical (unpaired) electrons. The Morgan fingerprint density at radius 1 is 1.38 bits per heavy atom. The second kappa shape index (κ2) is 9.39. The van der Waals surface area contributed by atoms with Gasteiger partial charge in [0.05, 0.1) is 11.9 Å². The Morgan fingerprint density at radius 2 is 2.14 bits per heavy atom. The highest BCUT2D eigenvalue weighted by molar-refractivity contribution is 9.10. The van der Waals surface area contributed by atoms with Crippen molar-refractivity contribution in [1.82, 2.24) is 5.32 Å². The van der Waals surface area contributed by atoms with Gasteiger partial charge in [-0.2, -0.15) is 0 Å². The number of benzene rings is 1. The summed E-state index contributed by atoms with van der Waals surface area (Å²) in [6.45, 7) is 2.34. The molecule has 1 aromatic rings. The Hall–Kier alpha value is -1.56. The van der Waals surface area contributed by atoms with Crippen LogP contribution in [0.15, 0.2) is 24.3 Å². The van der Waals surface area contributed by atoms with Crippen LogP contribution >= 0.6 is 15.9 Å². The average molecular weight is 357 g/mol. The van der Waals surface area contributed by atoms with E-state index < -0.39 is 0 Å². The summed E-state index contributed by atoms with van der Waals surface area (Å²) in [5.74, 6) is 0.457. The monoisotopic (exact) mass is 356 g/mol. The van der Waals surface area contributed by atoms with Gasteiger partial charge in [-0.15, -0.1) is 0 Å². The number of hydrogen-bond acceptors (Lipinski definition) is 3. The first-order valence-electron chi connectivity index (χ1n) is 6.92. The van der Waals surface area contributed by atoms with Crippen molar-refractivity contribution < 1.29 is 14.3 Å². The van der Waals surface area contributed by atoms with Gasteiger partial charge in [-0.05, 0) is 18.6 Å². The minimum atomic E-state index is -0.191. The Labute approximate surface area is 133 Å². The molecule has 0 unspecified atom stereocenters. The van der Waals surface area contributed by atoms with Crippen LogP contribution in [0.3, 0.4) is 0 Å². The van der Waals surface area contributed by atoms with E-state index >= 15 is 0 Å². The molecule has 1 rings (SSSR count). The third-order valence-corrected chi connectivity index (χ3v) is 3.71. The van der Waals surface area contributed by atoms with E-state index in [-0.39, 0.29) is 23.1 Å². The first kappa shape index (κ1) is 17.5. The third kappa shape index (κ3) is 6.62. The van der Waals surface area contributed by atoms with Crippen LogP contribution in [0.2, 0.25) is 0 Å². The second-order valence-corrected chi connectivity index (χ2v) is 5.68. The Balaban J connectivity index is 2.32. The molecule has 0 aromatic heterocycles. The normalized spacial score (nSPS) is 11.6. The van der Waals surface area contributed by atoms with Crippen molar-refractivity contribution >= 4 is 33.4 Å². The molecule has 0 bridgehead atoms. The highest BCUT2D eigenvalue weighted by Gasteiger charge is 2.13. The number of methoxy groups -OCH3 is 1. The largest absolute Gasteiger partial charge is 0.497 e. The molecule has 0 aliphatic rings. The third-order valence-electron chi connectivity index (χ3n) is 2.83. The van der Waals surface area contributed by atoms with Gasteiger partial charge in [-0.1, -0.05) is 35.3 Å². The summed E-state index contributed by atoms with van der Waals surface area (Å²) in [7, 11) is 1.57. The number of carbonyl (C=O) groups excluding carboxylic acids is 2. The summed E-state index contributed by atoms with van der Waals surface area (Å²) in [4.78, 5) is 23.2. The lowest BCUT2D eigenvalue weighted by Gasteiger charge is -2.10. The SMILES string of the molecule is CCC[C@@H](Br)C(=O)NCCC(=O)Nc1cccc(OC)c1. The molecule has 2 amide bonds. The Bertz CT molecular complexity index is 480. The van der Waals surface area contributed by atoms with Gasteiger partial charge in [-0.3, -0.25) is 9.59 Å². The summed E-state index contributed by atoms with van der Waals surface area (Å²) >= 11 is 3.31. The molecular weight excluding hydrogens is 336 g/mol. The summed E-state index contributed by atoms with van der Waals surface area (Å²) in [5, 5.41) is 5.50. The van der Waals surface area contributed by atoms with E-state index in [9.17, 15) is 9.59 Å². The zero-order valence-corrected chi connectivity index (χ0v) is 13.9. The molecule has 21 heavy (non-hydrogen) atoms. The van der Waals surface area contributed by atoms with Gasteiger partial charge in [0.25, 0.3) is 0 Å². The topological polar surface area (TPSA) is 67.4 Å². The van der Waals surface area contributed by atoms with Crippen LogP contribution < -0.4 is 15.4 Å². The molecule has 0 aliphatic carbocycles. The quantitative estimate of drug-likeness (QED) is 0.703. The van der Waals surface area contributed by atoms with Crippen molar-refractivity contribution in [2.75, 3.05) is 19.0 Å². The minimum absolute atomic E-state index is 0.0777. The van der Waals surface area contributed by atoms with Crippen molar-refractivity contribution in [3.8, 4) is 5.75 Å². The van der Waals surface area contributed by atoms with E-state index in [1.165, 1.54) is 0 Å². The minimum Gasteiger partial charge on any atom is -0.497 e. The number of halogens is 1.